The molecule has 1 aromatic carbocycles. The van der Waals surface area contributed by atoms with E-state index in [1.807, 2.05) is 12.1 Å². The molecule has 114 valence electrons. The van der Waals surface area contributed by atoms with Crippen LogP contribution in [0.5, 0.6) is 11.5 Å². The Balaban J connectivity index is 2.08. The average molecular weight is 278 g/mol. The highest BCUT2D eigenvalue weighted by Crippen LogP contribution is 2.23. The smallest absolute Gasteiger partial charge is 0.122 e. The van der Waals surface area contributed by atoms with Gasteiger partial charge in [-0.2, -0.15) is 0 Å². The van der Waals surface area contributed by atoms with Gasteiger partial charge in [0, 0.05) is 6.07 Å². The number of benzene rings is 1. The number of phenols is 1. The Morgan fingerprint density at radius 1 is 0.850 bits per heavy atom. The molecular formula is C18H30O2. The van der Waals surface area contributed by atoms with E-state index in [1.54, 1.807) is 13.2 Å². The van der Waals surface area contributed by atoms with Gasteiger partial charge in [-0.05, 0) is 30.5 Å². The third-order valence-electron chi connectivity index (χ3n) is 3.76. The number of unbranched alkanes of at least 4 members (excludes halogenated alkanes) is 8. The predicted molar refractivity (Wildman–Crippen MR) is 85.6 cm³/mol. The first-order valence-corrected chi connectivity index (χ1v) is 8.13. The fraction of sp³-hybridized carbons (Fsp3) is 0.667. The van der Waals surface area contributed by atoms with Crippen molar-refractivity contribution < 1.29 is 9.84 Å². The van der Waals surface area contributed by atoms with Gasteiger partial charge in [-0.1, -0.05) is 58.3 Å². The van der Waals surface area contributed by atoms with Crippen LogP contribution in [0.2, 0.25) is 0 Å². The summed E-state index contributed by atoms with van der Waals surface area (Å²) in [6, 6.07) is 5.51. The maximum Gasteiger partial charge on any atom is 0.122 e. The maximum absolute atomic E-state index is 9.59. The molecule has 1 N–H and O–H groups in total. The lowest BCUT2D eigenvalue weighted by Crippen LogP contribution is -1.89. The standard InChI is InChI=1S/C18H30O2/c1-3-4-5-6-7-8-9-10-11-12-16-13-17(19)15-18(14-16)20-2/h13-15,19H,3-12H2,1-2H3. The molecule has 1 rings (SSSR count). The van der Waals surface area contributed by atoms with Crippen molar-refractivity contribution >= 4 is 0 Å². The van der Waals surface area contributed by atoms with Crippen LogP contribution in [-0.4, -0.2) is 12.2 Å². The minimum absolute atomic E-state index is 0.301. The van der Waals surface area contributed by atoms with E-state index < -0.39 is 0 Å². The summed E-state index contributed by atoms with van der Waals surface area (Å²) in [6.07, 6.45) is 13.1. The molecule has 0 radical (unpaired) electrons. The van der Waals surface area contributed by atoms with E-state index in [1.165, 1.54) is 63.4 Å². The van der Waals surface area contributed by atoms with E-state index in [0.717, 1.165) is 12.2 Å². The second-order valence-electron chi connectivity index (χ2n) is 5.62. The molecule has 0 unspecified atom stereocenters. The molecule has 2 heteroatoms. The lowest BCUT2D eigenvalue weighted by Gasteiger charge is -2.06. The molecule has 0 heterocycles. The number of ether oxygens (including phenoxy) is 1. The van der Waals surface area contributed by atoms with Crippen molar-refractivity contribution in [3.8, 4) is 11.5 Å². The molecular weight excluding hydrogens is 248 g/mol. The molecule has 1 aromatic rings. The SMILES string of the molecule is CCCCCCCCCCCc1cc(O)cc(OC)c1. The number of aryl methyl sites for hydroxylation is 1. The fourth-order valence-electron chi connectivity index (χ4n) is 2.55. The zero-order valence-corrected chi connectivity index (χ0v) is 13.2. The molecule has 0 bridgehead atoms. The summed E-state index contributed by atoms with van der Waals surface area (Å²) in [6.45, 7) is 2.26. The largest absolute Gasteiger partial charge is 0.508 e. The van der Waals surface area contributed by atoms with Crippen LogP contribution < -0.4 is 4.74 Å². The van der Waals surface area contributed by atoms with Gasteiger partial charge in [0.2, 0.25) is 0 Å². The Hall–Kier alpha value is -1.18. The van der Waals surface area contributed by atoms with Crippen LogP contribution >= 0.6 is 0 Å². The second-order valence-corrected chi connectivity index (χ2v) is 5.62. The molecule has 0 amide bonds. The zero-order valence-electron chi connectivity index (χ0n) is 13.2. The van der Waals surface area contributed by atoms with Crippen LogP contribution in [0.4, 0.5) is 0 Å². The molecule has 0 saturated heterocycles. The van der Waals surface area contributed by atoms with Gasteiger partial charge in [-0.15, -0.1) is 0 Å². The van der Waals surface area contributed by atoms with Crippen LogP contribution in [0.1, 0.15) is 70.3 Å². The van der Waals surface area contributed by atoms with Crippen LogP contribution in [0, 0.1) is 0 Å². The van der Waals surface area contributed by atoms with Gasteiger partial charge in [-0.3, -0.25) is 0 Å². The van der Waals surface area contributed by atoms with Gasteiger partial charge in [0.25, 0.3) is 0 Å². The number of phenolic OH excluding ortho intramolecular Hbond substituents is 1. The van der Waals surface area contributed by atoms with Crippen molar-refractivity contribution in [3.05, 3.63) is 23.8 Å². The molecule has 0 aliphatic rings. The van der Waals surface area contributed by atoms with Gasteiger partial charge in [-0.25, -0.2) is 0 Å². The Bertz CT molecular complexity index is 360. The molecule has 0 aromatic heterocycles. The summed E-state index contributed by atoms with van der Waals surface area (Å²) in [4.78, 5) is 0. The van der Waals surface area contributed by atoms with Gasteiger partial charge in [0.05, 0.1) is 7.11 Å². The third-order valence-corrected chi connectivity index (χ3v) is 3.76. The number of hydrogen-bond donors (Lipinski definition) is 1. The van der Waals surface area contributed by atoms with Crippen molar-refractivity contribution in [2.24, 2.45) is 0 Å². The molecule has 0 atom stereocenters. The molecule has 0 fully saturated rings. The highest BCUT2D eigenvalue weighted by Gasteiger charge is 2.00. The van der Waals surface area contributed by atoms with Crippen molar-refractivity contribution in [2.75, 3.05) is 7.11 Å². The summed E-state index contributed by atoms with van der Waals surface area (Å²) >= 11 is 0. The first-order valence-electron chi connectivity index (χ1n) is 8.13. The van der Waals surface area contributed by atoms with Gasteiger partial charge in [0.1, 0.15) is 11.5 Å². The van der Waals surface area contributed by atoms with E-state index in [-0.39, 0.29) is 0 Å². The van der Waals surface area contributed by atoms with Crippen LogP contribution in [0.3, 0.4) is 0 Å². The lowest BCUT2D eigenvalue weighted by molar-refractivity contribution is 0.406. The third kappa shape index (κ3) is 7.42. The van der Waals surface area contributed by atoms with Crippen molar-refractivity contribution in [2.45, 2.75) is 71.1 Å². The minimum Gasteiger partial charge on any atom is -0.508 e. The summed E-state index contributed by atoms with van der Waals surface area (Å²) in [5.74, 6) is 1.05. The fourth-order valence-corrected chi connectivity index (χ4v) is 2.55. The summed E-state index contributed by atoms with van der Waals surface area (Å²) in [7, 11) is 1.64. The van der Waals surface area contributed by atoms with Gasteiger partial charge >= 0.3 is 0 Å². The normalized spacial score (nSPS) is 10.7. The molecule has 2 nitrogen and oxygen atoms in total. The molecule has 0 saturated carbocycles. The molecule has 0 aliphatic carbocycles. The lowest BCUT2D eigenvalue weighted by atomic mass is 10.0. The summed E-state index contributed by atoms with van der Waals surface area (Å²) in [5.41, 5.74) is 1.17. The quantitative estimate of drug-likeness (QED) is 0.543. The van der Waals surface area contributed by atoms with Crippen LogP contribution in [0.15, 0.2) is 18.2 Å². The second kappa shape index (κ2) is 10.6. The van der Waals surface area contributed by atoms with E-state index in [4.69, 9.17) is 4.74 Å². The number of methoxy groups -OCH3 is 1. The average Bonchev–Trinajstić information content (AvgIpc) is 2.45. The van der Waals surface area contributed by atoms with Crippen molar-refractivity contribution in [1.82, 2.24) is 0 Å². The van der Waals surface area contributed by atoms with Crippen LogP contribution in [0.25, 0.3) is 0 Å². The topological polar surface area (TPSA) is 29.5 Å². The van der Waals surface area contributed by atoms with Gasteiger partial charge in [0.15, 0.2) is 0 Å². The molecule has 0 spiro atoms. The monoisotopic (exact) mass is 278 g/mol. The Morgan fingerprint density at radius 3 is 2.05 bits per heavy atom. The number of aromatic hydroxyl groups is 1. The van der Waals surface area contributed by atoms with Crippen molar-refractivity contribution in [1.29, 1.82) is 0 Å². The Morgan fingerprint density at radius 2 is 1.45 bits per heavy atom. The summed E-state index contributed by atoms with van der Waals surface area (Å²) in [5, 5.41) is 9.59. The van der Waals surface area contributed by atoms with E-state index >= 15 is 0 Å². The number of rotatable bonds is 11. The summed E-state index contributed by atoms with van der Waals surface area (Å²) < 4.78 is 5.17. The first-order chi connectivity index (χ1) is 9.76. The minimum atomic E-state index is 0.301. The first kappa shape index (κ1) is 16.9. The Kier molecular flexibility index (Phi) is 8.93. The van der Waals surface area contributed by atoms with E-state index in [0.29, 0.717) is 5.75 Å². The van der Waals surface area contributed by atoms with Crippen LogP contribution in [-0.2, 0) is 6.42 Å². The van der Waals surface area contributed by atoms with Gasteiger partial charge < -0.3 is 9.84 Å². The van der Waals surface area contributed by atoms with Crippen molar-refractivity contribution in [3.63, 3.8) is 0 Å². The molecule has 0 aliphatic heterocycles. The maximum atomic E-state index is 9.59. The Labute approximate surface area is 124 Å². The zero-order chi connectivity index (χ0) is 14.6. The number of hydrogen-bond acceptors (Lipinski definition) is 2. The highest BCUT2D eigenvalue weighted by atomic mass is 16.5. The molecule has 20 heavy (non-hydrogen) atoms. The van der Waals surface area contributed by atoms with E-state index in [2.05, 4.69) is 6.92 Å². The predicted octanol–water partition coefficient (Wildman–Crippen LogP) is 5.47. The highest BCUT2D eigenvalue weighted by molar-refractivity contribution is 5.37. The van der Waals surface area contributed by atoms with E-state index in [9.17, 15) is 5.11 Å².